The molecule has 0 radical (unpaired) electrons. The lowest BCUT2D eigenvalue weighted by Crippen LogP contribution is -2.29. The summed E-state index contributed by atoms with van der Waals surface area (Å²) in [7, 11) is 0. The molecule has 0 aliphatic heterocycles. The van der Waals surface area contributed by atoms with Crippen molar-refractivity contribution in [2.24, 2.45) is 0 Å². The maximum absolute atomic E-state index is 12.9. The molecule has 3 amide bonds. The topological polar surface area (TPSA) is 143 Å². The van der Waals surface area contributed by atoms with Gasteiger partial charge in [0, 0.05) is 19.6 Å². The molecule has 12 nitrogen and oxygen atoms in total. The van der Waals surface area contributed by atoms with Crippen molar-refractivity contribution < 1.29 is 42.8 Å². The van der Waals surface area contributed by atoms with Crippen LogP contribution in [0.1, 0.15) is 138 Å². The van der Waals surface area contributed by atoms with Crippen molar-refractivity contribution in [3.8, 4) is 34.5 Å². The van der Waals surface area contributed by atoms with E-state index in [1.807, 2.05) is 36.4 Å². The van der Waals surface area contributed by atoms with E-state index in [1.54, 1.807) is 0 Å². The molecule has 0 aliphatic carbocycles. The van der Waals surface area contributed by atoms with E-state index in [2.05, 4.69) is 57.5 Å². The van der Waals surface area contributed by atoms with Crippen LogP contribution in [0.5, 0.6) is 34.5 Å². The average Bonchev–Trinajstić information content (AvgIpc) is 3.28. The third kappa shape index (κ3) is 16.2. The maximum Gasteiger partial charge on any atom is 0.257 e. The molecule has 0 aliphatic rings. The molecule has 4 rings (SSSR count). The van der Waals surface area contributed by atoms with Crippen molar-refractivity contribution >= 4 is 50.0 Å². The zero-order valence-electron chi connectivity index (χ0n) is 39.1. The smallest absolute Gasteiger partial charge is 0.257 e. The van der Waals surface area contributed by atoms with Crippen LogP contribution >= 0.6 is 0 Å². The highest BCUT2D eigenvalue weighted by atomic mass is 16.5. The Labute approximate surface area is 375 Å². The second kappa shape index (κ2) is 28.5. The number of hydrogen-bond donors (Lipinski definition) is 3. The SMILES string of the molecule is CCCCCOc1cc2c(cc1OCC(=O)NCCCC)c1cc(OCCCCC)c(OCC(=O)NCCCC)cc1c1cc(OCCCCC)c(OCC(=O)NCCCC)cc21. The molecule has 0 heterocycles. The first kappa shape index (κ1) is 50.5. The predicted molar refractivity (Wildman–Crippen MR) is 254 cm³/mol. The summed E-state index contributed by atoms with van der Waals surface area (Å²) < 4.78 is 38.2. The van der Waals surface area contributed by atoms with Crippen LogP contribution in [0.4, 0.5) is 0 Å². The summed E-state index contributed by atoms with van der Waals surface area (Å²) in [5.41, 5.74) is 0. The van der Waals surface area contributed by atoms with Crippen LogP contribution in [0.25, 0.3) is 32.3 Å². The van der Waals surface area contributed by atoms with Crippen molar-refractivity contribution in [3.63, 3.8) is 0 Å². The van der Waals surface area contributed by atoms with Crippen LogP contribution in [0.3, 0.4) is 0 Å². The fourth-order valence-corrected chi connectivity index (χ4v) is 7.09. The summed E-state index contributed by atoms with van der Waals surface area (Å²) in [6, 6.07) is 11.7. The van der Waals surface area contributed by atoms with Crippen LogP contribution in [0.15, 0.2) is 36.4 Å². The molecule has 0 saturated carbocycles. The van der Waals surface area contributed by atoms with Crippen LogP contribution in [-0.2, 0) is 14.4 Å². The normalized spacial score (nSPS) is 11.1. The quantitative estimate of drug-likeness (QED) is 0.0315. The number of amides is 3. The molecule has 0 fully saturated rings. The lowest BCUT2D eigenvalue weighted by Gasteiger charge is -2.20. The maximum atomic E-state index is 12.9. The van der Waals surface area contributed by atoms with Gasteiger partial charge in [-0.15, -0.1) is 0 Å². The van der Waals surface area contributed by atoms with Gasteiger partial charge in [0.2, 0.25) is 0 Å². The Morgan fingerprint density at radius 1 is 0.333 bits per heavy atom. The summed E-state index contributed by atoms with van der Waals surface area (Å²) in [5.74, 6) is 2.25. The van der Waals surface area contributed by atoms with E-state index in [-0.39, 0.29) is 37.5 Å². The highest BCUT2D eigenvalue weighted by Crippen LogP contribution is 2.47. The first-order valence-electron chi connectivity index (χ1n) is 23.9. The van der Waals surface area contributed by atoms with Crippen LogP contribution < -0.4 is 44.4 Å². The predicted octanol–water partition coefficient (Wildman–Crippen LogP) is 10.7. The summed E-state index contributed by atoms with van der Waals surface area (Å²) in [4.78, 5) is 38.8. The van der Waals surface area contributed by atoms with Crippen LogP contribution in [-0.4, -0.2) is 77.0 Å². The molecular formula is C51H75N3O9. The van der Waals surface area contributed by atoms with E-state index >= 15 is 0 Å². The van der Waals surface area contributed by atoms with Gasteiger partial charge in [0.1, 0.15) is 0 Å². The van der Waals surface area contributed by atoms with Gasteiger partial charge in [0.15, 0.2) is 54.3 Å². The van der Waals surface area contributed by atoms with Gasteiger partial charge < -0.3 is 44.4 Å². The monoisotopic (exact) mass is 874 g/mol. The molecule has 0 bridgehead atoms. The second-order valence-corrected chi connectivity index (χ2v) is 16.2. The minimum Gasteiger partial charge on any atom is -0.490 e. The summed E-state index contributed by atoms with van der Waals surface area (Å²) in [5, 5.41) is 13.8. The summed E-state index contributed by atoms with van der Waals surface area (Å²) in [6.45, 7) is 15.3. The molecule has 348 valence electrons. The number of fused-ring (bicyclic) bond motifs is 6. The number of benzene rings is 4. The number of carbonyl (C=O) groups excluding carboxylic acids is 3. The number of carbonyl (C=O) groups is 3. The van der Waals surface area contributed by atoms with Crippen molar-refractivity contribution in [2.75, 3.05) is 59.3 Å². The van der Waals surface area contributed by atoms with Crippen LogP contribution in [0.2, 0.25) is 0 Å². The Morgan fingerprint density at radius 3 is 0.778 bits per heavy atom. The Kier molecular flexibility index (Phi) is 22.9. The molecule has 4 aromatic rings. The van der Waals surface area contributed by atoms with Gasteiger partial charge in [-0.05, 0) is 107 Å². The van der Waals surface area contributed by atoms with Gasteiger partial charge in [0.25, 0.3) is 17.7 Å². The molecule has 0 spiro atoms. The van der Waals surface area contributed by atoms with Crippen LogP contribution in [0, 0.1) is 0 Å². The van der Waals surface area contributed by atoms with Gasteiger partial charge in [-0.2, -0.15) is 0 Å². The van der Waals surface area contributed by atoms with E-state index in [0.717, 1.165) is 129 Å². The lowest BCUT2D eigenvalue weighted by atomic mass is 9.93. The van der Waals surface area contributed by atoms with Crippen molar-refractivity contribution in [3.05, 3.63) is 36.4 Å². The fraction of sp³-hybridized carbons (Fsp3) is 0.588. The van der Waals surface area contributed by atoms with E-state index in [9.17, 15) is 14.4 Å². The van der Waals surface area contributed by atoms with Gasteiger partial charge in [0.05, 0.1) is 19.8 Å². The highest BCUT2D eigenvalue weighted by molar-refractivity contribution is 6.27. The fourth-order valence-electron chi connectivity index (χ4n) is 7.09. The molecule has 12 heteroatoms. The van der Waals surface area contributed by atoms with Crippen molar-refractivity contribution in [1.29, 1.82) is 0 Å². The Balaban J connectivity index is 2.00. The number of ether oxygens (including phenoxy) is 6. The van der Waals surface area contributed by atoms with E-state index in [1.165, 1.54) is 0 Å². The zero-order chi connectivity index (χ0) is 45.2. The standard InChI is InChI=1S/C51H75N3O9/c1-7-13-19-25-58-43-28-37-40(31-46(43)61-34-49(55)52-22-16-10-4)38-29-44(59-26-20-14-8-2)48(63-36-51(57)54-24-18-12-6)33-42(38)39-30-45(60-27-21-15-9-3)47(32-41(37)39)62-35-50(56)53-23-17-11-5/h28-33H,7-27,34-36H2,1-6H3,(H,52,55)(H,53,56)(H,54,57). The third-order valence-corrected chi connectivity index (χ3v) is 10.8. The van der Waals surface area contributed by atoms with Crippen molar-refractivity contribution in [2.45, 2.75) is 138 Å². The molecule has 0 atom stereocenters. The Morgan fingerprint density at radius 2 is 0.556 bits per heavy atom. The second-order valence-electron chi connectivity index (χ2n) is 16.2. The van der Waals surface area contributed by atoms with E-state index < -0.39 is 0 Å². The Hall–Kier alpha value is -5.13. The van der Waals surface area contributed by atoms with Gasteiger partial charge >= 0.3 is 0 Å². The number of hydrogen-bond acceptors (Lipinski definition) is 9. The van der Waals surface area contributed by atoms with Crippen molar-refractivity contribution in [1.82, 2.24) is 16.0 Å². The van der Waals surface area contributed by atoms with E-state index in [0.29, 0.717) is 74.0 Å². The van der Waals surface area contributed by atoms with E-state index in [4.69, 9.17) is 28.4 Å². The minimum atomic E-state index is -0.209. The minimum absolute atomic E-state index is 0.173. The summed E-state index contributed by atoms with van der Waals surface area (Å²) >= 11 is 0. The van der Waals surface area contributed by atoms with Gasteiger partial charge in [-0.1, -0.05) is 99.3 Å². The molecule has 63 heavy (non-hydrogen) atoms. The lowest BCUT2D eigenvalue weighted by molar-refractivity contribution is -0.123. The highest BCUT2D eigenvalue weighted by Gasteiger charge is 2.22. The Bertz CT molecular complexity index is 1780. The van der Waals surface area contributed by atoms with Gasteiger partial charge in [-0.3, -0.25) is 14.4 Å². The largest absolute Gasteiger partial charge is 0.490 e. The zero-order valence-corrected chi connectivity index (χ0v) is 39.1. The molecule has 3 N–H and O–H groups in total. The average molecular weight is 874 g/mol. The number of nitrogens with one attached hydrogen (secondary N) is 3. The first-order valence-corrected chi connectivity index (χ1v) is 23.9. The first-order chi connectivity index (χ1) is 30.8. The number of unbranched alkanes of at least 4 members (excludes halogenated alkanes) is 9. The summed E-state index contributed by atoms with van der Waals surface area (Å²) in [6.07, 6.45) is 14.3. The molecule has 4 aromatic carbocycles. The molecule has 0 aromatic heterocycles. The van der Waals surface area contributed by atoms with Gasteiger partial charge in [-0.25, -0.2) is 0 Å². The number of rotatable bonds is 33. The molecule has 0 unspecified atom stereocenters. The third-order valence-electron chi connectivity index (χ3n) is 10.8. The molecular weight excluding hydrogens is 799 g/mol. The molecule has 0 saturated heterocycles.